The maximum absolute atomic E-state index is 11.0. The lowest BCUT2D eigenvalue weighted by atomic mass is 9.87. The first-order valence-electron chi connectivity index (χ1n) is 5.37. The molecule has 14 heavy (non-hydrogen) atoms. The Labute approximate surface area is 85.2 Å². The highest BCUT2D eigenvalue weighted by Crippen LogP contribution is 2.16. The largest absolute Gasteiger partial charge is 0.466 e. The third-order valence-corrected chi connectivity index (χ3v) is 2.47. The molecule has 0 atom stereocenters. The normalized spacial score (nSPS) is 25.6. The molecule has 4 heteroatoms. The van der Waals surface area contributed by atoms with Crippen LogP contribution in [0.25, 0.3) is 0 Å². The van der Waals surface area contributed by atoms with Crippen molar-refractivity contribution >= 4 is 5.97 Å². The third-order valence-electron chi connectivity index (χ3n) is 2.47. The zero-order chi connectivity index (χ0) is 10.4. The zero-order valence-corrected chi connectivity index (χ0v) is 8.79. The molecule has 0 spiro atoms. The molecule has 1 rings (SSSR count). The molecule has 0 aliphatic heterocycles. The number of hydrogen-bond donors (Lipinski definition) is 2. The number of nitrogens with two attached hydrogens (primary N) is 1. The van der Waals surface area contributed by atoms with Crippen LogP contribution >= 0.6 is 0 Å². The molecule has 3 N–H and O–H groups in total. The second-order valence-electron chi connectivity index (χ2n) is 3.79. The van der Waals surface area contributed by atoms with Gasteiger partial charge in [0.05, 0.1) is 6.61 Å². The summed E-state index contributed by atoms with van der Waals surface area (Å²) in [6.45, 7) is 3.19. The average molecular weight is 200 g/mol. The van der Waals surface area contributed by atoms with Gasteiger partial charge in [-0.15, -0.1) is 0 Å². The standard InChI is InChI=1S/C10H20N2O2/c1-2-14-10(13)4-3-5-12-9-6-8(11)7-9/h8-9,12H,2-7,11H2,1H3. The average Bonchev–Trinajstić information content (AvgIpc) is 2.09. The molecule has 1 saturated carbocycles. The third kappa shape index (κ3) is 4.07. The minimum absolute atomic E-state index is 0.0976. The maximum Gasteiger partial charge on any atom is 0.305 e. The number of carbonyl (C=O) groups excluding carboxylic acids is 1. The van der Waals surface area contributed by atoms with E-state index in [1.54, 1.807) is 0 Å². The first-order chi connectivity index (χ1) is 6.72. The van der Waals surface area contributed by atoms with E-state index in [-0.39, 0.29) is 5.97 Å². The topological polar surface area (TPSA) is 64.3 Å². The van der Waals surface area contributed by atoms with Crippen molar-refractivity contribution in [3.8, 4) is 0 Å². The predicted octanol–water partition coefficient (Wildman–Crippen LogP) is 0.409. The molecule has 1 aliphatic carbocycles. The van der Waals surface area contributed by atoms with Gasteiger partial charge in [0.2, 0.25) is 0 Å². The fourth-order valence-electron chi connectivity index (χ4n) is 1.60. The Balaban J connectivity index is 1.87. The van der Waals surface area contributed by atoms with Gasteiger partial charge >= 0.3 is 5.97 Å². The summed E-state index contributed by atoms with van der Waals surface area (Å²) in [4.78, 5) is 11.0. The lowest BCUT2D eigenvalue weighted by molar-refractivity contribution is -0.143. The van der Waals surface area contributed by atoms with E-state index >= 15 is 0 Å². The minimum Gasteiger partial charge on any atom is -0.466 e. The van der Waals surface area contributed by atoms with E-state index in [9.17, 15) is 4.79 Å². The van der Waals surface area contributed by atoms with Crippen molar-refractivity contribution in [3.05, 3.63) is 0 Å². The van der Waals surface area contributed by atoms with Gasteiger partial charge in [-0.2, -0.15) is 0 Å². The van der Waals surface area contributed by atoms with Gasteiger partial charge < -0.3 is 15.8 Å². The lowest BCUT2D eigenvalue weighted by Crippen LogP contribution is -2.48. The molecule has 0 saturated heterocycles. The van der Waals surface area contributed by atoms with Gasteiger partial charge in [-0.1, -0.05) is 0 Å². The summed E-state index contributed by atoms with van der Waals surface area (Å²) < 4.78 is 4.82. The number of esters is 1. The summed E-state index contributed by atoms with van der Waals surface area (Å²) in [5.74, 6) is -0.0976. The van der Waals surface area contributed by atoms with Crippen LogP contribution < -0.4 is 11.1 Å². The Hall–Kier alpha value is -0.610. The van der Waals surface area contributed by atoms with Crippen molar-refractivity contribution in [2.75, 3.05) is 13.2 Å². The Bertz CT molecular complexity index is 179. The summed E-state index contributed by atoms with van der Waals surface area (Å²) in [7, 11) is 0. The molecular weight excluding hydrogens is 180 g/mol. The SMILES string of the molecule is CCOC(=O)CCCNC1CC(N)C1. The number of hydrogen-bond acceptors (Lipinski definition) is 4. The Morgan fingerprint density at radius 1 is 1.57 bits per heavy atom. The van der Waals surface area contributed by atoms with Crippen molar-refractivity contribution in [2.45, 2.75) is 44.7 Å². The molecule has 0 amide bonds. The van der Waals surface area contributed by atoms with E-state index in [1.807, 2.05) is 6.92 Å². The molecule has 0 aromatic heterocycles. The van der Waals surface area contributed by atoms with Crippen LogP contribution in [-0.2, 0) is 9.53 Å². The molecular formula is C10H20N2O2. The van der Waals surface area contributed by atoms with Gasteiger partial charge in [-0.3, -0.25) is 4.79 Å². The smallest absolute Gasteiger partial charge is 0.305 e. The molecule has 82 valence electrons. The van der Waals surface area contributed by atoms with Crippen LogP contribution in [0.3, 0.4) is 0 Å². The highest BCUT2D eigenvalue weighted by molar-refractivity contribution is 5.69. The van der Waals surface area contributed by atoms with E-state index in [0.29, 0.717) is 25.1 Å². The molecule has 4 nitrogen and oxygen atoms in total. The van der Waals surface area contributed by atoms with Crippen molar-refractivity contribution in [3.63, 3.8) is 0 Å². The predicted molar refractivity (Wildman–Crippen MR) is 54.9 cm³/mol. The Morgan fingerprint density at radius 3 is 2.86 bits per heavy atom. The first-order valence-corrected chi connectivity index (χ1v) is 5.37. The van der Waals surface area contributed by atoms with Crippen LogP contribution in [0.15, 0.2) is 0 Å². The van der Waals surface area contributed by atoms with Crippen LogP contribution in [-0.4, -0.2) is 31.2 Å². The highest BCUT2D eigenvalue weighted by atomic mass is 16.5. The number of ether oxygens (including phenoxy) is 1. The summed E-state index contributed by atoms with van der Waals surface area (Å²) in [6.07, 6.45) is 3.50. The summed E-state index contributed by atoms with van der Waals surface area (Å²) >= 11 is 0. The van der Waals surface area contributed by atoms with Gasteiger partial charge in [-0.05, 0) is 32.7 Å². The zero-order valence-electron chi connectivity index (χ0n) is 8.79. The van der Waals surface area contributed by atoms with E-state index in [4.69, 9.17) is 10.5 Å². The van der Waals surface area contributed by atoms with Gasteiger partial charge in [0.1, 0.15) is 0 Å². The van der Waals surface area contributed by atoms with Gasteiger partial charge in [0.15, 0.2) is 0 Å². The van der Waals surface area contributed by atoms with E-state index in [1.165, 1.54) is 0 Å². The maximum atomic E-state index is 11.0. The van der Waals surface area contributed by atoms with Crippen molar-refractivity contribution in [1.82, 2.24) is 5.32 Å². The molecule has 0 radical (unpaired) electrons. The van der Waals surface area contributed by atoms with Crippen molar-refractivity contribution < 1.29 is 9.53 Å². The Morgan fingerprint density at radius 2 is 2.29 bits per heavy atom. The monoisotopic (exact) mass is 200 g/mol. The number of nitrogens with one attached hydrogen (secondary N) is 1. The minimum atomic E-state index is -0.0976. The quantitative estimate of drug-likeness (QED) is 0.481. The van der Waals surface area contributed by atoms with E-state index < -0.39 is 0 Å². The van der Waals surface area contributed by atoms with Gasteiger partial charge in [0, 0.05) is 18.5 Å². The van der Waals surface area contributed by atoms with Crippen LogP contribution in [0, 0.1) is 0 Å². The van der Waals surface area contributed by atoms with Crippen molar-refractivity contribution in [2.24, 2.45) is 5.73 Å². The van der Waals surface area contributed by atoms with Crippen LogP contribution in [0.2, 0.25) is 0 Å². The molecule has 1 aliphatic rings. The molecule has 0 heterocycles. The molecule has 0 aromatic rings. The van der Waals surface area contributed by atoms with Crippen LogP contribution in [0.4, 0.5) is 0 Å². The molecule has 0 unspecified atom stereocenters. The van der Waals surface area contributed by atoms with Gasteiger partial charge in [0.25, 0.3) is 0 Å². The van der Waals surface area contributed by atoms with E-state index in [0.717, 1.165) is 25.8 Å². The second kappa shape index (κ2) is 5.98. The number of rotatable bonds is 6. The second-order valence-corrected chi connectivity index (χ2v) is 3.79. The van der Waals surface area contributed by atoms with Crippen LogP contribution in [0.1, 0.15) is 32.6 Å². The summed E-state index contributed by atoms with van der Waals surface area (Å²) in [5.41, 5.74) is 5.65. The molecule has 1 fully saturated rings. The Kier molecular flexibility index (Phi) is 4.90. The molecule has 0 aromatic carbocycles. The lowest BCUT2D eigenvalue weighted by Gasteiger charge is -2.33. The van der Waals surface area contributed by atoms with E-state index in [2.05, 4.69) is 5.32 Å². The summed E-state index contributed by atoms with van der Waals surface area (Å²) in [6, 6.07) is 0.963. The van der Waals surface area contributed by atoms with Crippen LogP contribution in [0.5, 0.6) is 0 Å². The van der Waals surface area contributed by atoms with Crippen molar-refractivity contribution in [1.29, 1.82) is 0 Å². The van der Waals surface area contributed by atoms with Gasteiger partial charge in [-0.25, -0.2) is 0 Å². The highest BCUT2D eigenvalue weighted by Gasteiger charge is 2.24. The summed E-state index contributed by atoms with van der Waals surface area (Å²) in [5, 5.41) is 3.36. The fraction of sp³-hybridized carbons (Fsp3) is 0.900. The first kappa shape index (κ1) is 11.5. The fourth-order valence-corrected chi connectivity index (χ4v) is 1.60. The molecule has 0 bridgehead atoms. The number of carbonyl (C=O) groups is 1.